The summed E-state index contributed by atoms with van der Waals surface area (Å²) < 4.78 is 14.5. The zero-order valence-electron chi connectivity index (χ0n) is 11.5. The standard InChI is InChI=1S/C14H10FN3O2.Na/c1-8-5-11(9-3-2-4-10(15)6-9)17-18-12(8)7-16-13(18)14(19)20;/h2-7H,1H3,(H,19,20);/q;+1/p-1. The molecule has 21 heavy (non-hydrogen) atoms. The quantitative estimate of drug-likeness (QED) is 0.523. The van der Waals surface area contributed by atoms with Crippen molar-refractivity contribution in [1.29, 1.82) is 0 Å². The molecule has 0 N–H and O–H groups in total. The number of carbonyl (C=O) groups excluding carboxylic acids is 1. The van der Waals surface area contributed by atoms with Crippen LogP contribution < -0.4 is 34.7 Å². The minimum Gasteiger partial charge on any atom is -0.542 e. The van der Waals surface area contributed by atoms with Crippen molar-refractivity contribution in [2.24, 2.45) is 0 Å². The molecule has 0 atom stereocenters. The van der Waals surface area contributed by atoms with E-state index in [1.165, 1.54) is 22.8 Å². The number of aromatic nitrogens is 3. The number of halogens is 1. The predicted octanol–water partition coefficient (Wildman–Crippen LogP) is -1.79. The van der Waals surface area contributed by atoms with Crippen molar-refractivity contribution in [3.05, 3.63) is 53.7 Å². The molecule has 2 heterocycles. The molecule has 2 aromatic heterocycles. The van der Waals surface area contributed by atoms with Crippen molar-refractivity contribution in [3.63, 3.8) is 0 Å². The fourth-order valence-electron chi connectivity index (χ4n) is 2.06. The number of carbonyl (C=O) groups is 1. The van der Waals surface area contributed by atoms with Gasteiger partial charge >= 0.3 is 29.6 Å². The molecule has 5 nitrogen and oxygen atoms in total. The number of hydrogen-bond acceptors (Lipinski definition) is 4. The zero-order valence-corrected chi connectivity index (χ0v) is 13.5. The fourth-order valence-corrected chi connectivity index (χ4v) is 2.06. The second-order valence-electron chi connectivity index (χ2n) is 4.39. The minimum absolute atomic E-state index is 0. The Labute approximate surface area is 141 Å². The number of carboxylic acids is 1. The van der Waals surface area contributed by atoms with E-state index in [9.17, 15) is 14.3 Å². The number of hydrogen-bond donors (Lipinski definition) is 0. The summed E-state index contributed by atoms with van der Waals surface area (Å²) >= 11 is 0. The van der Waals surface area contributed by atoms with E-state index in [1.807, 2.05) is 0 Å². The van der Waals surface area contributed by atoms with Crippen molar-refractivity contribution >= 4 is 11.5 Å². The van der Waals surface area contributed by atoms with E-state index in [0.29, 0.717) is 16.8 Å². The van der Waals surface area contributed by atoms with Crippen LogP contribution in [-0.2, 0) is 0 Å². The first-order valence-corrected chi connectivity index (χ1v) is 5.89. The molecule has 1 aromatic carbocycles. The molecule has 0 aliphatic heterocycles. The van der Waals surface area contributed by atoms with E-state index >= 15 is 0 Å². The zero-order chi connectivity index (χ0) is 14.3. The molecule has 7 heteroatoms. The summed E-state index contributed by atoms with van der Waals surface area (Å²) in [7, 11) is 0. The van der Waals surface area contributed by atoms with Gasteiger partial charge in [-0.2, -0.15) is 5.10 Å². The van der Waals surface area contributed by atoms with Gasteiger partial charge in [0.2, 0.25) is 0 Å². The van der Waals surface area contributed by atoms with E-state index in [1.54, 1.807) is 25.1 Å². The molecular weight excluding hydrogens is 284 g/mol. The van der Waals surface area contributed by atoms with Gasteiger partial charge in [0.1, 0.15) is 11.8 Å². The molecular formula is C14H9FN3NaO2. The van der Waals surface area contributed by atoms with Crippen molar-refractivity contribution in [2.75, 3.05) is 0 Å². The maximum atomic E-state index is 13.3. The van der Waals surface area contributed by atoms with Crippen LogP contribution in [-0.4, -0.2) is 20.6 Å². The molecule has 3 rings (SSSR count). The molecule has 0 saturated carbocycles. The van der Waals surface area contributed by atoms with Crippen LogP contribution in [0.15, 0.2) is 36.5 Å². The normalized spacial score (nSPS) is 10.4. The molecule has 0 saturated heterocycles. The largest absolute Gasteiger partial charge is 1.00 e. The summed E-state index contributed by atoms with van der Waals surface area (Å²) in [5.41, 5.74) is 2.40. The van der Waals surface area contributed by atoms with Gasteiger partial charge in [-0.15, -0.1) is 0 Å². The van der Waals surface area contributed by atoms with E-state index < -0.39 is 5.97 Å². The van der Waals surface area contributed by atoms with Gasteiger partial charge in [-0.25, -0.2) is 13.9 Å². The minimum atomic E-state index is -1.41. The van der Waals surface area contributed by atoms with Gasteiger partial charge in [-0.1, -0.05) is 12.1 Å². The smallest absolute Gasteiger partial charge is 0.542 e. The first kappa shape index (κ1) is 15.6. The molecule has 100 valence electrons. The summed E-state index contributed by atoms with van der Waals surface area (Å²) in [6.07, 6.45) is 1.42. The van der Waals surface area contributed by atoms with Crippen LogP contribution in [0.5, 0.6) is 0 Å². The van der Waals surface area contributed by atoms with Gasteiger partial charge in [0.25, 0.3) is 0 Å². The van der Waals surface area contributed by atoms with Crippen molar-refractivity contribution < 1.29 is 43.8 Å². The number of imidazole rings is 1. The van der Waals surface area contributed by atoms with Crippen LogP contribution in [0.25, 0.3) is 16.8 Å². The molecule has 0 aliphatic rings. The maximum absolute atomic E-state index is 13.3. The Morgan fingerprint density at radius 2 is 2.10 bits per heavy atom. The van der Waals surface area contributed by atoms with Gasteiger partial charge in [0.15, 0.2) is 5.82 Å². The van der Waals surface area contributed by atoms with E-state index in [2.05, 4.69) is 10.1 Å². The Hall–Kier alpha value is -1.76. The first-order chi connectivity index (χ1) is 9.56. The van der Waals surface area contributed by atoms with Crippen LogP contribution in [0.1, 0.15) is 16.2 Å². The number of rotatable bonds is 2. The van der Waals surface area contributed by atoms with E-state index in [0.717, 1.165) is 5.56 Å². The SMILES string of the molecule is Cc1cc(-c2cccc(F)c2)nn2c(C(=O)[O-])ncc12.[Na+]. The Morgan fingerprint density at radius 3 is 2.76 bits per heavy atom. The van der Waals surface area contributed by atoms with E-state index in [-0.39, 0.29) is 41.2 Å². The van der Waals surface area contributed by atoms with Crippen LogP contribution in [0.3, 0.4) is 0 Å². The Morgan fingerprint density at radius 1 is 1.33 bits per heavy atom. The molecule has 0 spiro atoms. The molecule has 0 fully saturated rings. The summed E-state index contributed by atoms with van der Waals surface area (Å²) in [6, 6.07) is 7.69. The summed E-state index contributed by atoms with van der Waals surface area (Å²) in [6.45, 7) is 1.81. The van der Waals surface area contributed by atoms with Crippen LogP contribution >= 0.6 is 0 Å². The molecule has 0 aliphatic carbocycles. The van der Waals surface area contributed by atoms with Crippen LogP contribution in [0.4, 0.5) is 4.39 Å². The monoisotopic (exact) mass is 293 g/mol. The Kier molecular flexibility index (Phi) is 4.41. The van der Waals surface area contributed by atoms with Crippen molar-refractivity contribution in [1.82, 2.24) is 14.6 Å². The van der Waals surface area contributed by atoms with Gasteiger partial charge in [0, 0.05) is 5.56 Å². The third-order valence-electron chi connectivity index (χ3n) is 3.01. The molecule has 3 aromatic rings. The molecule has 0 bridgehead atoms. The second-order valence-corrected chi connectivity index (χ2v) is 4.39. The van der Waals surface area contributed by atoms with Crippen molar-refractivity contribution in [2.45, 2.75) is 6.92 Å². The number of aromatic carboxylic acids is 1. The maximum Gasteiger partial charge on any atom is 1.00 e. The number of nitrogens with zero attached hydrogens (tertiary/aromatic N) is 3. The molecule has 0 amide bonds. The number of fused-ring (bicyclic) bond motifs is 1. The third kappa shape index (κ3) is 2.83. The van der Waals surface area contributed by atoms with E-state index in [4.69, 9.17) is 0 Å². The fraction of sp³-hybridized carbons (Fsp3) is 0.0714. The van der Waals surface area contributed by atoms with Crippen molar-refractivity contribution in [3.8, 4) is 11.3 Å². The van der Waals surface area contributed by atoms with Crippen LogP contribution in [0.2, 0.25) is 0 Å². The summed E-state index contributed by atoms with van der Waals surface area (Å²) in [5, 5.41) is 15.2. The summed E-state index contributed by atoms with van der Waals surface area (Å²) in [5.74, 6) is -2.07. The predicted molar refractivity (Wildman–Crippen MR) is 67.4 cm³/mol. The Balaban J connectivity index is 0.00000161. The number of benzene rings is 1. The van der Waals surface area contributed by atoms with Crippen LogP contribution in [0, 0.1) is 12.7 Å². The average molecular weight is 293 g/mol. The van der Waals surface area contributed by atoms with Gasteiger partial charge in [-0.3, -0.25) is 0 Å². The molecule has 0 radical (unpaired) electrons. The molecule has 0 unspecified atom stereocenters. The van der Waals surface area contributed by atoms with Gasteiger partial charge in [0.05, 0.1) is 17.4 Å². The third-order valence-corrected chi connectivity index (χ3v) is 3.01. The number of carboxylic acid groups (broad SMARTS) is 1. The van der Waals surface area contributed by atoms with Gasteiger partial charge in [-0.05, 0) is 30.7 Å². The number of aryl methyl sites for hydroxylation is 1. The summed E-state index contributed by atoms with van der Waals surface area (Å²) in [4.78, 5) is 14.8. The Bertz CT molecular complexity index is 832. The topological polar surface area (TPSA) is 70.3 Å². The average Bonchev–Trinajstić information content (AvgIpc) is 2.83. The van der Waals surface area contributed by atoms with Gasteiger partial charge < -0.3 is 9.90 Å². The first-order valence-electron chi connectivity index (χ1n) is 5.89. The second kappa shape index (κ2) is 5.93.